The fourth-order valence-corrected chi connectivity index (χ4v) is 2.85. The van der Waals surface area contributed by atoms with Crippen LogP contribution in [0.15, 0.2) is 0 Å². The molecular formula is C15H29N3O3. The summed E-state index contributed by atoms with van der Waals surface area (Å²) in [7, 11) is 0. The first-order chi connectivity index (χ1) is 9.93. The summed E-state index contributed by atoms with van der Waals surface area (Å²) >= 11 is 0. The van der Waals surface area contributed by atoms with Crippen LogP contribution in [0, 0.1) is 5.92 Å². The highest BCUT2D eigenvalue weighted by Gasteiger charge is 2.21. The summed E-state index contributed by atoms with van der Waals surface area (Å²) in [6.45, 7) is 10.2. The van der Waals surface area contributed by atoms with Crippen LogP contribution in [0.3, 0.4) is 0 Å². The Morgan fingerprint density at radius 3 is 2.43 bits per heavy atom. The largest absolute Gasteiger partial charge is 0.481 e. The van der Waals surface area contributed by atoms with E-state index in [0.29, 0.717) is 19.0 Å². The van der Waals surface area contributed by atoms with Crippen LogP contribution < -0.4 is 5.32 Å². The van der Waals surface area contributed by atoms with Gasteiger partial charge in [-0.25, -0.2) is 4.79 Å². The number of nitrogens with zero attached hydrogens (tertiary/aromatic N) is 2. The lowest BCUT2D eigenvalue weighted by atomic mass is 10.1. The molecule has 2 atom stereocenters. The number of hydrogen-bond acceptors (Lipinski definition) is 3. The molecule has 0 aliphatic carbocycles. The second-order valence-electron chi connectivity index (χ2n) is 6.03. The molecule has 2 N–H and O–H groups in total. The summed E-state index contributed by atoms with van der Waals surface area (Å²) in [6.07, 6.45) is 2.52. The van der Waals surface area contributed by atoms with Gasteiger partial charge in [0.25, 0.3) is 0 Å². The maximum absolute atomic E-state index is 12.1. The van der Waals surface area contributed by atoms with Gasteiger partial charge in [0.05, 0.1) is 6.42 Å². The van der Waals surface area contributed by atoms with Crippen LogP contribution in [-0.2, 0) is 4.79 Å². The van der Waals surface area contributed by atoms with Crippen LogP contribution in [0.25, 0.3) is 0 Å². The topological polar surface area (TPSA) is 72.9 Å². The van der Waals surface area contributed by atoms with E-state index in [1.165, 1.54) is 12.8 Å². The molecule has 0 aromatic carbocycles. The van der Waals surface area contributed by atoms with Crippen LogP contribution in [-0.4, -0.2) is 65.7 Å². The Hall–Kier alpha value is -1.30. The summed E-state index contributed by atoms with van der Waals surface area (Å²) in [6, 6.07) is -0.457. The Morgan fingerprint density at radius 2 is 1.90 bits per heavy atom. The second-order valence-corrected chi connectivity index (χ2v) is 6.03. The van der Waals surface area contributed by atoms with Crippen LogP contribution in [0.5, 0.6) is 0 Å². The number of hydrogen-bond donors (Lipinski definition) is 2. The van der Waals surface area contributed by atoms with Gasteiger partial charge in [0, 0.05) is 25.7 Å². The molecule has 0 aromatic rings. The summed E-state index contributed by atoms with van der Waals surface area (Å²) in [5, 5.41) is 11.8. The summed E-state index contributed by atoms with van der Waals surface area (Å²) in [4.78, 5) is 26.9. The first-order valence-electron chi connectivity index (χ1n) is 7.92. The lowest BCUT2D eigenvalue weighted by molar-refractivity contribution is -0.138. The lowest BCUT2D eigenvalue weighted by Gasteiger charge is -2.28. The third kappa shape index (κ3) is 6.33. The van der Waals surface area contributed by atoms with Gasteiger partial charge < -0.3 is 20.2 Å². The smallest absolute Gasteiger partial charge is 0.317 e. The van der Waals surface area contributed by atoms with E-state index in [2.05, 4.69) is 17.1 Å². The number of likely N-dealkylation sites (tertiary alicyclic amines) is 1. The molecule has 21 heavy (non-hydrogen) atoms. The Morgan fingerprint density at radius 1 is 1.29 bits per heavy atom. The zero-order valence-corrected chi connectivity index (χ0v) is 13.5. The van der Waals surface area contributed by atoms with Gasteiger partial charge in [-0.05, 0) is 45.7 Å². The van der Waals surface area contributed by atoms with Gasteiger partial charge in [0.15, 0.2) is 0 Å². The molecule has 1 rings (SSSR count). The van der Waals surface area contributed by atoms with E-state index in [9.17, 15) is 9.59 Å². The van der Waals surface area contributed by atoms with Gasteiger partial charge in [-0.2, -0.15) is 0 Å². The highest BCUT2D eigenvalue weighted by atomic mass is 16.4. The van der Waals surface area contributed by atoms with Crippen molar-refractivity contribution in [2.24, 2.45) is 5.92 Å². The van der Waals surface area contributed by atoms with E-state index in [-0.39, 0.29) is 18.5 Å². The minimum absolute atomic E-state index is 0.0232. The van der Waals surface area contributed by atoms with Crippen LogP contribution in [0.1, 0.15) is 40.0 Å². The van der Waals surface area contributed by atoms with Crippen molar-refractivity contribution in [3.63, 3.8) is 0 Å². The van der Waals surface area contributed by atoms with Crippen molar-refractivity contribution in [1.82, 2.24) is 15.1 Å². The van der Waals surface area contributed by atoms with E-state index < -0.39 is 5.97 Å². The first kappa shape index (κ1) is 17.8. The number of amides is 2. The maximum Gasteiger partial charge on any atom is 0.317 e. The molecule has 0 bridgehead atoms. The SMILES string of the molecule is CCN(C(=O)NCC(C)CN1CCCC1)C(C)CC(=O)O. The molecule has 0 saturated carbocycles. The van der Waals surface area contributed by atoms with Crippen molar-refractivity contribution in [2.75, 3.05) is 32.7 Å². The van der Waals surface area contributed by atoms with E-state index >= 15 is 0 Å². The van der Waals surface area contributed by atoms with E-state index in [1.807, 2.05) is 6.92 Å². The van der Waals surface area contributed by atoms with Crippen molar-refractivity contribution in [3.8, 4) is 0 Å². The first-order valence-corrected chi connectivity index (χ1v) is 7.92. The fraction of sp³-hybridized carbons (Fsp3) is 0.867. The number of rotatable bonds is 8. The molecule has 2 unspecified atom stereocenters. The average molecular weight is 299 g/mol. The highest BCUT2D eigenvalue weighted by Crippen LogP contribution is 2.10. The van der Waals surface area contributed by atoms with Gasteiger partial charge in [0.2, 0.25) is 0 Å². The summed E-state index contributed by atoms with van der Waals surface area (Å²) in [5.41, 5.74) is 0. The quantitative estimate of drug-likeness (QED) is 0.714. The minimum atomic E-state index is -0.879. The normalized spacial score (nSPS) is 18.2. The molecule has 1 heterocycles. The standard InChI is InChI=1S/C15H29N3O3/c1-4-18(13(3)9-14(19)20)15(21)16-10-12(2)11-17-7-5-6-8-17/h12-13H,4-11H2,1-3H3,(H,16,21)(H,19,20). The van der Waals surface area contributed by atoms with Gasteiger partial charge >= 0.3 is 12.0 Å². The third-order valence-electron chi connectivity index (χ3n) is 3.97. The molecule has 122 valence electrons. The van der Waals surface area contributed by atoms with Crippen LogP contribution >= 0.6 is 0 Å². The second kappa shape index (κ2) is 8.87. The van der Waals surface area contributed by atoms with Crippen molar-refractivity contribution in [3.05, 3.63) is 0 Å². The molecule has 1 aliphatic heterocycles. The Bertz CT molecular complexity index is 343. The molecule has 6 nitrogen and oxygen atoms in total. The number of aliphatic carboxylic acids is 1. The predicted molar refractivity (Wildman–Crippen MR) is 82.3 cm³/mol. The van der Waals surface area contributed by atoms with E-state index in [1.54, 1.807) is 11.8 Å². The van der Waals surface area contributed by atoms with Gasteiger partial charge in [0.1, 0.15) is 0 Å². The van der Waals surface area contributed by atoms with Gasteiger partial charge in [-0.3, -0.25) is 4.79 Å². The van der Waals surface area contributed by atoms with Crippen LogP contribution in [0.2, 0.25) is 0 Å². The zero-order chi connectivity index (χ0) is 15.8. The molecule has 0 spiro atoms. The maximum atomic E-state index is 12.1. The van der Waals surface area contributed by atoms with Gasteiger partial charge in [-0.1, -0.05) is 6.92 Å². The average Bonchev–Trinajstić information content (AvgIpc) is 2.89. The minimum Gasteiger partial charge on any atom is -0.481 e. The molecule has 1 fully saturated rings. The molecule has 2 amide bonds. The zero-order valence-electron chi connectivity index (χ0n) is 13.5. The van der Waals surface area contributed by atoms with Crippen molar-refractivity contribution in [2.45, 2.75) is 46.1 Å². The monoisotopic (exact) mass is 299 g/mol. The number of carboxylic acids is 1. The summed E-state index contributed by atoms with van der Waals surface area (Å²) in [5.74, 6) is -0.475. The Labute approximate surface area is 127 Å². The Balaban J connectivity index is 2.33. The molecule has 1 saturated heterocycles. The molecular weight excluding hydrogens is 270 g/mol. The number of carbonyl (C=O) groups is 2. The molecule has 1 aliphatic rings. The van der Waals surface area contributed by atoms with Crippen molar-refractivity contribution >= 4 is 12.0 Å². The third-order valence-corrected chi connectivity index (χ3v) is 3.97. The van der Waals surface area contributed by atoms with E-state index in [4.69, 9.17) is 5.11 Å². The summed E-state index contributed by atoms with van der Waals surface area (Å²) < 4.78 is 0. The molecule has 6 heteroatoms. The van der Waals surface area contributed by atoms with Crippen LogP contribution in [0.4, 0.5) is 4.79 Å². The van der Waals surface area contributed by atoms with E-state index in [0.717, 1.165) is 19.6 Å². The predicted octanol–water partition coefficient (Wildman–Crippen LogP) is 1.61. The Kier molecular flexibility index (Phi) is 7.50. The fourth-order valence-electron chi connectivity index (χ4n) is 2.85. The van der Waals surface area contributed by atoms with Crippen molar-refractivity contribution in [1.29, 1.82) is 0 Å². The number of carboxylic acid groups (broad SMARTS) is 1. The van der Waals surface area contributed by atoms with Gasteiger partial charge in [-0.15, -0.1) is 0 Å². The number of nitrogens with one attached hydrogen (secondary N) is 1. The molecule has 0 radical (unpaired) electrons. The number of urea groups is 1. The number of carbonyl (C=O) groups excluding carboxylic acids is 1. The van der Waals surface area contributed by atoms with Crippen molar-refractivity contribution < 1.29 is 14.7 Å². The lowest BCUT2D eigenvalue weighted by Crippen LogP contribution is -2.47. The molecule has 0 aromatic heterocycles. The highest BCUT2D eigenvalue weighted by molar-refractivity contribution is 5.75.